The molecule has 0 fully saturated rings. The van der Waals surface area contributed by atoms with Crippen molar-refractivity contribution >= 4 is 17.5 Å². The molecule has 0 aliphatic rings. The third-order valence-corrected chi connectivity index (χ3v) is 3.15. The lowest BCUT2D eigenvalue weighted by Gasteiger charge is -2.15. The Bertz CT molecular complexity index is 787. The summed E-state index contributed by atoms with van der Waals surface area (Å²) in [5, 5.41) is 11.4. The van der Waals surface area contributed by atoms with Crippen LogP contribution in [0.25, 0.3) is 0 Å². The van der Waals surface area contributed by atoms with Crippen molar-refractivity contribution in [3.05, 3.63) is 47.3 Å². The van der Waals surface area contributed by atoms with E-state index in [1.165, 1.54) is 24.3 Å². The summed E-state index contributed by atoms with van der Waals surface area (Å²) in [6.07, 6.45) is 1.45. The zero-order chi connectivity index (χ0) is 17.0. The van der Waals surface area contributed by atoms with Crippen LogP contribution < -0.4 is 10.1 Å². The first-order valence-electron chi connectivity index (χ1n) is 6.75. The number of aromatic nitrogens is 1. The van der Waals surface area contributed by atoms with E-state index in [1.54, 1.807) is 32.3 Å². The fourth-order valence-corrected chi connectivity index (χ4v) is 1.98. The average Bonchev–Trinajstić information content (AvgIpc) is 3.03. The zero-order valence-corrected chi connectivity index (χ0v) is 13.0. The standard InChI is InChI=1S/C16H16N4O3/c1-20(2)16(22)12-7-11(4-5-14(12)23-3)19-15(21)13-6-10(8-17)9-18-13/h4-7,9,18H,1-3H3,(H,19,21). The van der Waals surface area contributed by atoms with E-state index in [2.05, 4.69) is 10.3 Å². The molecule has 2 amide bonds. The second-order valence-electron chi connectivity index (χ2n) is 4.98. The van der Waals surface area contributed by atoms with Crippen LogP contribution in [0.3, 0.4) is 0 Å². The molecule has 118 valence electrons. The van der Waals surface area contributed by atoms with E-state index < -0.39 is 5.91 Å². The fraction of sp³-hybridized carbons (Fsp3) is 0.188. The predicted octanol–water partition coefficient (Wildman–Crippen LogP) is 1.85. The molecule has 0 aliphatic carbocycles. The van der Waals surface area contributed by atoms with Crippen LogP contribution in [0, 0.1) is 11.3 Å². The summed E-state index contributed by atoms with van der Waals surface area (Å²) in [7, 11) is 4.74. The third-order valence-electron chi connectivity index (χ3n) is 3.15. The van der Waals surface area contributed by atoms with Gasteiger partial charge >= 0.3 is 0 Å². The van der Waals surface area contributed by atoms with Gasteiger partial charge in [0.05, 0.1) is 18.2 Å². The minimum absolute atomic E-state index is 0.232. The smallest absolute Gasteiger partial charge is 0.272 e. The molecule has 1 aromatic carbocycles. The summed E-state index contributed by atoms with van der Waals surface area (Å²) in [5.74, 6) is -0.210. The number of carbonyl (C=O) groups excluding carboxylic acids is 2. The minimum atomic E-state index is -0.403. The molecule has 0 radical (unpaired) electrons. The largest absolute Gasteiger partial charge is 0.496 e. The Labute approximate surface area is 133 Å². The number of methoxy groups -OCH3 is 1. The number of amides is 2. The first kappa shape index (κ1) is 16.1. The number of anilines is 1. The van der Waals surface area contributed by atoms with E-state index in [0.29, 0.717) is 22.6 Å². The van der Waals surface area contributed by atoms with Gasteiger partial charge in [0.15, 0.2) is 0 Å². The van der Waals surface area contributed by atoms with Crippen molar-refractivity contribution in [1.82, 2.24) is 9.88 Å². The highest BCUT2D eigenvalue weighted by Gasteiger charge is 2.16. The number of carbonyl (C=O) groups is 2. The molecular formula is C16H16N4O3. The normalized spacial score (nSPS) is 9.83. The maximum atomic E-state index is 12.2. The number of benzene rings is 1. The van der Waals surface area contributed by atoms with E-state index in [-0.39, 0.29) is 11.6 Å². The molecule has 7 heteroatoms. The van der Waals surface area contributed by atoms with E-state index >= 15 is 0 Å². The highest BCUT2D eigenvalue weighted by atomic mass is 16.5. The molecule has 2 rings (SSSR count). The fourth-order valence-electron chi connectivity index (χ4n) is 1.98. The topological polar surface area (TPSA) is 98.2 Å². The molecule has 0 bridgehead atoms. The molecule has 2 aromatic rings. The molecule has 1 aromatic heterocycles. The van der Waals surface area contributed by atoms with Gasteiger partial charge in [-0.25, -0.2) is 0 Å². The Kier molecular flexibility index (Phi) is 4.66. The molecule has 0 atom stereocenters. The Morgan fingerprint density at radius 2 is 2.04 bits per heavy atom. The lowest BCUT2D eigenvalue weighted by atomic mass is 10.1. The van der Waals surface area contributed by atoms with Gasteiger partial charge in [-0.15, -0.1) is 0 Å². The summed E-state index contributed by atoms with van der Waals surface area (Å²) in [6.45, 7) is 0. The van der Waals surface area contributed by atoms with Gasteiger partial charge in [-0.05, 0) is 24.3 Å². The number of nitrogens with zero attached hydrogens (tertiary/aromatic N) is 2. The van der Waals surface area contributed by atoms with Crippen LogP contribution in [0.2, 0.25) is 0 Å². The quantitative estimate of drug-likeness (QED) is 0.900. The first-order chi connectivity index (χ1) is 11.0. The van der Waals surface area contributed by atoms with Crippen LogP contribution in [-0.4, -0.2) is 42.9 Å². The maximum absolute atomic E-state index is 12.2. The second-order valence-corrected chi connectivity index (χ2v) is 4.98. The van der Waals surface area contributed by atoms with Gasteiger partial charge in [-0.1, -0.05) is 0 Å². The molecule has 2 N–H and O–H groups in total. The summed E-state index contributed by atoms with van der Waals surface area (Å²) in [4.78, 5) is 28.4. The van der Waals surface area contributed by atoms with Crippen molar-refractivity contribution in [3.8, 4) is 11.8 Å². The number of hydrogen-bond acceptors (Lipinski definition) is 4. The maximum Gasteiger partial charge on any atom is 0.272 e. The molecular weight excluding hydrogens is 296 g/mol. The lowest BCUT2D eigenvalue weighted by Crippen LogP contribution is -2.22. The highest BCUT2D eigenvalue weighted by Crippen LogP contribution is 2.24. The molecule has 0 saturated carbocycles. The third kappa shape index (κ3) is 3.49. The van der Waals surface area contributed by atoms with Crippen LogP contribution >= 0.6 is 0 Å². The molecule has 1 heterocycles. The molecule has 0 unspecified atom stereocenters. The summed E-state index contributed by atoms with van der Waals surface area (Å²) in [6, 6.07) is 8.19. The molecule has 0 aliphatic heterocycles. The average molecular weight is 312 g/mol. The monoisotopic (exact) mass is 312 g/mol. The van der Waals surface area contributed by atoms with Gasteiger partial charge in [0.2, 0.25) is 0 Å². The van der Waals surface area contributed by atoms with Gasteiger partial charge in [0.25, 0.3) is 11.8 Å². The Balaban J connectivity index is 2.26. The van der Waals surface area contributed by atoms with Crippen LogP contribution in [0.15, 0.2) is 30.5 Å². The molecule has 7 nitrogen and oxygen atoms in total. The number of nitrogens with one attached hydrogen (secondary N) is 2. The summed E-state index contributed by atoms with van der Waals surface area (Å²) < 4.78 is 5.18. The predicted molar refractivity (Wildman–Crippen MR) is 84.5 cm³/mol. The minimum Gasteiger partial charge on any atom is -0.496 e. The van der Waals surface area contributed by atoms with Gasteiger partial charge in [0.1, 0.15) is 17.5 Å². The Morgan fingerprint density at radius 1 is 1.30 bits per heavy atom. The van der Waals surface area contributed by atoms with E-state index in [9.17, 15) is 9.59 Å². The van der Waals surface area contributed by atoms with E-state index in [1.807, 2.05) is 6.07 Å². The van der Waals surface area contributed by atoms with Crippen LogP contribution in [0.5, 0.6) is 5.75 Å². The van der Waals surface area contributed by atoms with Gasteiger partial charge < -0.3 is 19.9 Å². The van der Waals surface area contributed by atoms with Crippen molar-refractivity contribution in [3.63, 3.8) is 0 Å². The Morgan fingerprint density at radius 3 is 2.61 bits per heavy atom. The van der Waals surface area contributed by atoms with E-state index in [4.69, 9.17) is 10.00 Å². The van der Waals surface area contributed by atoms with Crippen molar-refractivity contribution < 1.29 is 14.3 Å². The van der Waals surface area contributed by atoms with Crippen LogP contribution in [0.1, 0.15) is 26.4 Å². The highest BCUT2D eigenvalue weighted by molar-refractivity contribution is 6.04. The summed E-state index contributed by atoms with van der Waals surface area (Å²) >= 11 is 0. The van der Waals surface area contributed by atoms with Gasteiger partial charge in [-0.2, -0.15) is 5.26 Å². The zero-order valence-electron chi connectivity index (χ0n) is 13.0. The molecule has 0 saturated heterocycles. The number of H-pyrrole nitrogens is 1. The first-order valence-corrected chi connectivity index (χ1v) is 6.75. The van der Waals surface area contributed by atoms with Gasteiger partial charge in [0, 0.05) is 26.0 Å². The second kappa shape index (κ2) is 6.66. The number of aromatic amines is 1. The SMILES string of the molecule is COc1ccc(NC(=O)c2cc(C#N)c[nH]2)cc1C(=O)N(C)C. The van der Waals surface area contributed by atoms with Crippen molar-refractivity contribution in [2.75, 3.05) is 26.5 Å². The molecule has 23 heavy (non-hydrogen) atoms. The van der Waals surface area contributed by atoms with Crippen molar-refractivity contribution in [2.45, 2.75) is 0 Å². The number of rotatable bonds is 4. The molecule has 0 spiro atoms. The van der Waals surface area contributed by atoms with E-state index in [0.717, 1.165) is 0 Å². The lowest BCUT2D eigenvalue weighted by molar-refractivity contribution is 0.0824. The number of hydrogen-bond donors (Lipinski definition) is 2. The van der Waals surface area contributed by atoms with Crippen molar-refractivity contribution in [2.24, 2.45) is 0 Å². The van der Waals surface area contributed by atoms with Gasteiger partial charge in [-0.3, -0.25) is 9.59 Å². The number of ether oxygens (including phenoxy) is 1. The number of nitriles is 1. The summed E-state index contributed by atoms with van der Waals surface area (Å²) in [5.41, 5.74) is 1.43. The Hall–Kier alpha value is -3.27. The van der Waals surface area contributed by atoms with Crippen molar-refractivity contribution in [1.29, 1.82) is 5.26 Å². The van der Waals surface area contributed by atoms with Crippen LogP contribution in [0.4, 0.5) is 5.69 Å². The van der Waals surface area contributed by atoms with Crippen LogP contribution in [-0.2, 0) is 0 Å².